The van der Waals surface area contributed by atoms with E-state index in [1.54, 1.807) is 6.92 Å². The number of hydrogen-bond donors (Lipinski definition) is 1. The van der Waals surface area contributed by atoms with Gasteiger partial charge in [0, 0.05) is 6.54 Å². The number of aromatic nitrogens is 2. The molecule has 0 saturated heterocycles. The fourth-order valence-corrected chi connectivity index (χ4v) is 1.31. The van der Waals surface area contributed by atoms with Crippen molar-refractivity contribution in [1.82, 2.24) is 9.97 Å². The lowest BCUT2D eigenvalue weighted by molar-refractivity contribution is -0.387. The van der Waals surface area contributed by atoms with Gasteiger partial charge < -0.3 is 10.1 Å². The van der Waals surface area contributed by atoms with Crippen molar-refractivity contribution in [2.24, 2.45) is 0 Å². The van der Waals surface area contributed by atoms with E-state index in [1.165, 1.54) is 6.08 Å². The van der Waals surface area contributed by atoms with Crippen LogP contribution >= 0.6 is 0 Å². The Labute approximate surface area is 105 Å². The van der Waals surface area contributed by atoms with E-state index >= 15 is 0 Å². The highest BCUT2D eigenvalue weighted by Crippen LogP contribution is 2.28. The number of nitro groups is 1. The molecule has 98 valence electrons. The van der Waals surface area contributed by atoms with Crippen molar-refractivity contribution in [2.45, 2.75) is 20.3 Å². The molecule has 0 amide bonds. The summed E-state index contributed by atoms with van der Waals surface area (Å²) in [4.78, 5) is 18.4. The van der Waals surface area contributed by atoms with Crippen LogP contribution in [-0.2, 0) is 0 Å². The SMILES string of the molecule is C=CCOc1nc(NCCC)nc(C)c1[N+](=O)[O-]. The van der Waals surface area contributed by atoms with E-state index in [4.69, 9.17) is 4.74 Å². The minimum Gasteiger partial charge on any atom is -0.468 e. The second kappa shape index (κ2) is 6.53. The van der Waals surface area contributed by atoms with Crippen LogP contribution in [0.4, 0.5) is 11.6 Å². The molecule has 1 heterocycles. The molecule has 0 radical (unpaired) electrons. The quantitative estimate of drug-likeness (QED) is 0.454. The zero-order chi connectivity index (χ0) is 13.5. The number of aryl methyl sites for hydroxylation is 1. The van der Waals surface area contributed by atoms with Gasteiger partial charge in [-0.15, -0.1) is 0 Å². The van der Waals surface area contributed by atoms with Crippen LogP contribution in [0.5, 0.6) is 5.88 Å². The first-order valence-corrected chi connectivity index (χ1v) is 5.60. The van der Waals surface area contributed by atoms with Gasteiger partial charge in [0.2, 0.25) is 5.95 Å². The Kier molecular flexibility index (Phi) is 5.04. The van der Waals surface area contributed by atoms with Crippen LogP contribution < -0.4 is 10.1 Å². The second-order valence-electron chi connectivity index (χ2n) is 3.57. The maximum absolute atomic E-state index is 10.9. The van der Waals surface area contributed by atoms with Crippen molar-refractivity contribution < 1.29 is 9.66 Å². The first-order chi connectivity index (χ1) is 8.60. The van der Waals surface area contributed by atoms with E-state index in [0.29, 0.717) is 12.5 Å². The molecule has 0 saturated carbocycles. The lowest BCUT2D eigenvalue weighted by Crippen LogP contribution is -2.09. The van der Waals surface area contributed by atoms with Gasteiger partial charge in [0.05, 0.1) is 4.92 Å². The summed E-state index contributed by atoms with van der Waals surface area (Å²) in [5, 5.41) is 13.9. The van der Waals surface area contributed by atoms with Crippen LogP contribution in [0.2, 0.25) is 0 Å². The van der Waals surface area contributed by atoms with Crippen molar-refractivity contribution >= 4 is 11.6 Å². The van der Waals surface area contributed by atoms with Crippen LogP contribution in [0, 0.1) is 17.0 Å². The Hall–Kier alpha value is -2.18. The smallest absolute Gasteiger partial charge is 0.352 e. The molecular formula is C11H16N4O3. The fraction of sp³-hybridized carbons (Fsp3) is 0.455. The maximum Gasteiger partial charge on any atom is 0.352 e. The molecule has 1 aromatic heterocycles. The third kappa shape index (κ3) is 3.41. The van der Waals surface area contributed by atoms with Crippen LogP contribution in [0.1, 0.15) is 19.0 Å². The Morgan fingerprint density at radius 3 is 2.83 bits per heavy atom. The molecule has 1 aromatic rings. The fourth-order valence-electron chi connectivity index (χ4n) is 1.31. The molecule has 0 spiro atoms. The van der Waals surface area contributed by atoms with Gasteiger partial charge in [-0.2, -0.15) is 4.98 Å². The minimum atomic E-state index is -0.544. The molecule has 18 heavy (non-hydrogen) atoms. The van der Waals surface area contributed by atoms with E-state index in [0.717, 1.165) is 6.42 Å². The van der Waals surface area contributed by atoms with Crippen molar-refractivity contribution in [3.05, 3.63) is 28.5 Å². The first kappa shape index (κ1) is 13.9. The van der Waals surface area contributed by atoms with Crippen molar-refractivity contribution in [1.29, 1.82) is 0 Å². The van der Waals surface area contributed by atoms with E-state index < -0.39 is 4.92 Å². The Balaban J connectivity index is 3.10. The van der Waals surface area contributed by atoms with Crippen molar-refractivity contribution in [3.8, 4) is 5.88 Å². The van der Waals surface area contributed by atoms with Crippen molar-refractivity contribution in [3.63, 3.8) is 0 Å². The molecule has 7 heteroatoms. The largest absolute Gasteiger partial charge is 0.468 e. The van der Waals surface area contributed by atoms with Crippen LogP contribution in [-0.4, -0.2) is 28.0 Å². The summed E-state index contributed by atoms with van der Waals surface area (Å²) < 4.78 is 5.20. The van der Waals surface area contributed by atoms with E-state index in [9.17, 15) is 10.1 Å². The van der Waals surface area contributed by atoms with Gasteiger partial charge in [0.15, 0.2) is 0 Å². The lowest BCUT2D eigenvalue weighted by Gasteiger charge is -2.08. The number of nitrogens with one attached hydrogen (secondary N) is 1. The number of ether oxygens (including phenoxy) is 1. The number of anilines is 1. The molecule has 7 nitrogen and oxygen atoms in total. The molecule has 1 rings (SSSR count). The number of nitrogens with zero attached hydrogens (tertiary/aromatic N) is 3. The Morgan fingerprint density at radius 1 is 1.56 bits per heavy atom. The lowest BCUT2D eigenvalue weighted by atomic mass is 10.3. The minimum absolute atomic E-state index is 0.0361. The standard InChI is InChI=1S/C11H16N4O3/c1-4-6-12-11-13-8(3)9(15(16)17)10(14-11)18-7-5-2/h5H,2,4,6-7H2,1,3H3,(H,12,13,14). The number of rotatable bonds is 7. The summed E-state index contributed by atoms with van der Waals surface area (Å²) in [6.45, 7) is 7.89. The third-order valence-corrected chi connectivity index (χ3v) is 2.08. The molecule has 1 N–H and O–H groups in total. The average Bonchev–Trinajstić information content (AvgIpc) is 2.32. The van der Waals surface area contributed by atoms with Gasteiger partial charge in [-0.3, -0.25) is 10.1 Å². The summed E-state index contributed by atoms with van der Waals surface area (Å²) in [6, 6.07) is 0. The summed E-state index contributed by atoms with van der Waals surface area (Å²) in [5.41, 5.74) is 0.0616. The van der Waals surface area contributed by atoms with Crippen LogP contribution in [0.25, 0.3) is 0 Å². The molecule has 0 bridgehead atoms. The normalized spacial score (nSPS) is 9.89. The molecule has 0 aromatic carbocycles. The van der Waals surface area contributed by atoms with E-state index in [1.807, 2.05) is 6.92 Å². The van der Waals surface area contributed by atoms with Crippen LogP contribution in [0.3, 0.4) is 0 Å². The predicted octanol–water partition coefficient (Wildman–Crippen LogP) is 2.08. The molecule has 0 atom stereocenters. The van der Waals surface area contributed by atoms with Gasteiger partial charge in [0.1, 0.15) is 12.3 Å². The second-order valence-corrected chi connectivity index (χ2v) is 3.57. The highest BCUT2D eigenvalue weighted by molar-refractivity contribution is 5.48. The summed E-state index contributed by atoms with van der Waals surface area (Å²) >= 11 is 0. The maximum atomic E-state index is 10.9. The molecule has 0 fully saturated rings. The summed E-state index contributed by atoms with van der Waals surface area (Å²) in [5.74, 6) is 0.296. The van der Waals surface area contributed by atoms with Gasteiger partial charge in [-0.1, -0.05) is 19.6 Å². The third-order valence-electron chi connectivity index (χ3n) is 2.08. The van der Waals surface area contributed by atoms with Gasteiger partial charge in [-0.25, -0.2) is 4.98 Å². The summed E-state index contributed by atoms with van der Waals surface area (Å²) in [6.07, 6.45) is 2.41. The zero-order valence-corrected chi connectivity index (χ0v) is 10.5. The Bertz CT molecular complexity index is 448. The van der Waals surface area contributed by atoms with Gasteiger partial charge in [-0.05, 0) is 13.3 Å². The zero-order valence-electron chi connectivity index (χ0n) is 10.5. The predicted molar refractivity (Wildman–Crippen MR) is 67.9 cm³/mol. The Morgan fingerprint density at radius 2 is 2.28 bits per heavy atom. The van der Waals surface area contributed by atoms with Crippen LogP contribution in [0.15, 0.2) is 12.7 Å². The highest BCUT2D eigenvalue weighted by Gasteiger charge is 2.23. The first-order valence-electron chi connectivity index (χ1n) is 5.60. The van der Waals surface area contributed by atoms with Crippen molar-refractivity contribution in [2.75, 3.05) is 18.5 Å². The number of hydrogen-bond acceptors (Lipinski definition) is 6. The molecule has 0 aliphatic carbocycles. The molecule has 0 aliphatic rings. The molecule has 0 unspecified atom stereocenters. The average molecular weight is 252 g/mol. The molecule has 0 aliphatic heterocycles. The monoisotopic (exact) mass is 252 g/mol. The van der Waals surface area contributed by atoms with E-state index in [2.05, 4.69) is 21.9 Å². The summed E-state index contributed by atoms with van der Waals surface area (Å²) in [7, 11) is 0. The van der Waals surface area contributed by atoms with E-state index in [-0.39, 0.29) is 23.9 Å². The van der Waals surface area contributed by atoms with Gasteiger partial charge >= 0.3 is 5.69 Å². The topological polar surface area (TPSA) is 90.2 Å². The molecular weight excluding hydrogens is 236 g/mol. The van der Waals surface area contributed by atoms with Gasteiger partial charge in [0.25, 0.3) is 5.88 Å². The highest BCUT2D eigenvalue weighted by atomic mass is 16.6.